The molecule has 0 aliphatic carbocycles. The first-order valence-electron chi connectivity index (χ1n) is 8.97. The van der Waals surface area contributed by atoms with E-state index in [4.69, 9.17) is 0 Å². The van der Waals surface area contributed by atoms with Gasteiger partial charge in [0.25, 0.3) is 0 Å². The standard InChI is InChI=1S/C19H19N5OS3/c1-3-13-9-12(10-26-13)17-22-23-19(24(17)4-2)27-11-16(25)21-18-20-14-7-5-6-8-15(14)28-18/h5-10H,3-4,11H2,1-2H3,(H,20,21,25). The lowest BCUT2D eigenvalue weighted by molar-refractivity contribution is -0.113. The Hall–Kier alpha value is -2.23. The summed E-state index contributed by atoms with van der Waals surface area (Å²) in [4.78, 5) is 18.1. The summed E-state index contributed by atoms with van der Waals surface area (Å²) < 4.78 is 3.11. The fourth-order valence-corrected chi connectivity index (χ4v) is 5.29. The number of hydrogen-bond acceptors (Lipinski definition) is 7. The topological polar surface area (TPSA) is 72.7 Å². The van der Waals surface area contributed by atoms with Crippen molar-refractivity contribution >= 4 is 55.7 Å². The second-order valence-corrected chi connectivity index (χ2v) is 9.00. The van der Waals surface area contributed by atoms with Crippen molar-refractivity contribution in [3.63, 3.8) is 0 Å². The molecule has 0 spiro atoms. The maximum Gasteiger partial charge on any atom is 0.236 e. The minimum atomic E-state index is -0.0972. The lowest BCUT2D eigenvalue weighted by Gasteiger charge is -2.06. The Morgan fingerprint density at radius 1 is 1.25 bits per heavy atom. The van der Waals surface area contributed by atoms with Crippen LogP contribution in [0.25, 0.3) is 21.6 Å². The van der Waals surface area contributed by atoms with Gasteiger partial charge in [-0.05, 0) is 31.5 Å². The Kier molecular flexibility index (Phi) is 5.74. The minimum Gasteiger partial charge on any atom is -0.302 e. The highest BCUT2D eigenvalue weighted by Crippen LogP contribution is 2.29. The van der Waals surface area contributed by atoms with E-state index in [1.165, 1.54) is 28.0 Å². The summed E-state index contributed by atoms with van der Waals surface area (Å²) in [5.41, 5.74) is 1.98. The second-order valence-electron chi connectivity index (χ2n) is 6.03. The molecular weight excluding hydrogens is 410 g/mol. The number of benzene rings is 1. The Bertz CT molecular complexity index is 1080. The van der Waals surface area contributed by atoms with E-state index in [0.29, 0.717) is 5.13 Å². The smallest absolute Gasteiger partial charge is 0.236 e. The van der Waals surface area contributed by atoms with E-state index in [9.17, 15) is 4.79 Å². The predicted octanol–water partition coefficient (Wildman–Crippen LogP) is 4.93. The molecule has 3 aromatic heterocycles. The van der Waals surface area contributed by atoms with Crippen LogP contribution in [0.3, 0.4) is 0 Å². The number of carbonyl (C=O) groups is 1. The number of thiazole rings is 1. The largest absolute Gasteiger partial charge is 0.302 e. The fraction of sp³-hybridized carbons (Fsp3) is 0.263. The second kappa shape index (κ2) is 8.42. The third-order valence-corrected chi connectivity index (χ3v) is 7.17. The Balaban J connectivity index is 1.43. The van der Waals surface area contributed by atoms with Crippen LogP contribution >= 0.6 is 34.4 Å². The molecule has 28 heavy (non-hydrogen) atoms. The molecule has 144 valence electrons. The number of aromatic nitrogens is 4. The molecule has 4 aromatic rings. The fourth-order valence-electron chi connectivity index (χ4n) is 2.79. The van der Waals surface area contributed by atoms with Gasteiger partial charge in [-0.1, -0.05) is 42.2 Å². The van der Waals surface area contributed by atoms with Crippen LogP contribution in [0.2, 0.25) is 0 Å². The molecule has 0 radical (unpaired) electrons. The van der Waals surface area contributed by atoms with E-state index in [1.54, 1.807) is 11.3 Å². The van der Waals surface area contributed by atoms with Gasteiger partial charge in [-0.2, -0.15) is 0 Å². The van der Waals surface area contributed by atoms with Crippen LogP contribution in [0.5, 0.6) is 0 Å². The summed E-state index contributed by atoms with van der Waals surface area (Å²) >= 11 is 4.60. The van der Waals surface area contributed by atoms with E-state index < -0.39 is 0 Å². The van der Waals surface area contributed by atoms with Gasteiger partial charge in [0, 0.05) is 22.4 Å². The molecular formula is C19H19N5OS3. The van der Waals surface area contributed by atoms with Crippen molar-refractivity contribution in [1.82, 2.24) is 19.7 Å². The summed E-state index contributed by atoms with van der Waals surface area (Å²) in [6, 6.07) is 10.0. The first-order chi connectivity index (χ1) is 13.7. The maximum absolute atomic E-state index is 12.4. The van der Waals surface area contributed by atoms with Gasteiger partial charge in [0.2, 0.25) is 5.91 Å². The zero-order valence-electron chi connectivity index (χ0n) is 15.5. The van der Waals surface area contributed by atoms with E-state index in [-0.39, 0.29) is 11.7 Å². The first kappa shape index (κ1) is 19.1. The van der Waals surface area contributed by atoms with E-state index in [2.05, 4.69) is 50.4 Å². The molecule has 0 fully saturated rings. The molecule has 6 nitrogen and oxygen atoms in total. The van der Waals surface area contributed by atoms with Crippen LogP contribution < -0.4 is 5.32 Å². The van der Waals surface area contributed by atoms with Gasteiger partial charge in [0.1, 0.15) is 0 Å². The van der Waals surface area contributed by atoms with Crippen molar-refractivity contribution < 1.29 is 4.79 Å². The lowest BCUT2D eigenvalue weighted by Crippen LogP contribution is -2.14. The summed E-state index contributed by atoms with van der Waals surface area (Å²) in [7, 11) is 0. The summed E-state index contributed by atoms with van der Waals surface area (Å²) in [5, 5.41) is 15.0. The minimum absolute atomic E-state index is 0.0972. The van der Waals surface area contributed by atoms with Crippen LogP contribution in [0.1, 0.15) is 18.7 Å². The Morgan fingerprint density at radius 2 is 2.11 bits per heavy atom. The van der Waals surface area contributed by atoms with Gasteiger partial charge >= 0.3 is 0 Å². The van der Waals surface area contributed by atoms with E-state index >= 15 is 0 Å². The molecule has 0 bridgehead atoms. The Morgan fingerprint density at radius 3 is 2.86 bits per heavy atom. The zero-order valence-corrected chi connectivity index (χ0v) is 18.0. The van der Waals surface area contributed by atoms with Crippen molar-refractivity contribution in [2.45, 2.75) is 32.0 Å². The summed E-state index contributed by atoms with van der Waals surface area (Å²) in [5.74, 6) is 1.02. The molecule has 1 N–H and O–H groups in total. The van der Waals surface area contributed by atoms with Gasteiger partial charge in [0.05, 0.1) is 16.0 Å². The average molecular weight is 430 g/mol. The number of aryl methyl sites for hydroxylation is 1. The third-order valence-electron chi connectivity index (χ3n) is 4.17. The normalized spacial score (nSPS) is 11.2. The number of anilines is 1. The number of thioether (sulfide) groups is 1. The van der Waals surface area contributed by atoms with Gasteiger partial charge in [-0.25, -0.2) is 4.98 Å². The molecule has 1 amide bonds. The zero-order chi connectivity index (χ0) is 19.5. The molecule has 0 saturated carbocycles. The number of hydrogen-bond donors (Lipinski definition) is 1. The first-order valence-corrected chi connectivity index (χ1v) is 11.6. The molecule has 3 heterocycles. The van der Waals surface area contributed by atoms with Crippen LogP contribution in [-0.4, -0.2) is 31.4 Å². The predicted molar refractivity (Wildman–Crippen MR) is 117 cm³/mol. The highest BCUT2D eigenvalue weighted by atomic mass is 32.2. The number of rotatable bonds is 7. The number of para-hydroxylation sites is 1. The monoisotopic (exact) mass is 429 g/mol. The van der Waals surface area contributed by atoms with Crippen LogP contribution in [0.4, 0.5) is 5.13 Å². The molecule has 9 heteroatoms. The molecule has 0 aliphatic rings. The van der Waals surface area contributed by atoms with Gasteiger partial charge in [-0.15, -0.1) is 21.5 Å². The number of thiophene rings is 1. The van der Waals surface area contributed by atoms with E-state index in [1.807, 2.05) is 24.3 Å². The van der Waals surface area contributed by atoms with Gasteiger partial charge in [-0.3, -0.25) is 4.79 Å². The quantitative estimate of drug-likeness (QED) is 0.422. The average Bonchev–Trinajstić information content (AvgIpc) is 3.42. The van der Waals surface area contributed by atoms with Crippen molar-refractivity contribution in [3.8, 4) is 11.4 Å². The number of nitrogens with zero attached hydrogens (tertiary/aromatic N) is 4. The molecule has 0 atom stereocenters. The summed E-state index contributed by atoms with van der Waals surface area (Å²) in [6.45, 7) is 4.96. The number of fused-ring (bicyclic) bond motifs is 1. The maximum atomic E-state index is 12.4. The van der Waals surface area contributed by atoms with Crippen molar-refractivity contribution in [2.24, 2.45) is 0 Å². The number of nitrogens with one attached hydrogen (secondary N) is 1. The molecule has 0 aliphatic heterocycles. The van der Waals surface area contributed by atoms with Gasteiger partial charge in [0.15, 0.2) is 16.1 Å². The van der Waals surface area contributed by atoms with E-state index in [0.717, 1.165) is 39.7 Å². The van der Waals surface area contributed by atoms with Crippen molar-refractivity contribution in [3.05, 3.63) is 40.6 Å². The highest BCUT2D eigenvalue weighted by Gasteiger charge is 2.16. The molecule has 4 rings (SSSR count). The van der Waals surface area contributed by atoms with Crippen molar-refractivity contribution in [1.29, 1.82) is 0 Å². The molecule has 0 saturated heterocycles. The van der Waals surface area contributed by atoms with Gasteiger partial charge < -0.3 is 9.88 Å². The molecule has 1 aromatic carbocycles. The highest BCUT2D eigenvalue weighted by molar-refractivity contribution is 7.99. The number of amides is 1. The third kappa shape index (κ3) is 3.96. The molecule has 0 unspecified atom stereocenters. The van der Waals surface area contributed by atoms with Crippen molar-refractivity contribution in [2.75, 3.05) is 11.1 Å². The van der Waals surface area contributed by atoms with Crippen LogP contribution in [-0.2, 0) is 17.8 Å². The lowest BCUT2D eigenvalue weighted by atomic mass is 10.2. The SMILES string of the molecule is CCc1cc(-c2nnc(SCC(=O)Nc3nc4ccccc4s3)n2CC)cs1. The Labute approximate surface area is 175 Å². The van der Waals surface area contributed by atoms with Crippen LogP contribution in [0, 0.1) is 0 Å². The number of carbonyl (C=O) groups excluding carboxylic acids is 1. The van der Waals surface area contributed by atoms with Crippen LogP contribution in [0.15, 0.2) is 40.9 Å². The summed E-state index contributed by atoms with van der Waals surface area (Å²) in [6.07, 6.45) is 1.01.